The van der Waals surface area contributed by atoms with E-state index in [1.807, 2.05) is 0 Å². The largest absolute Gasteiger partial charge is 0.504 e. The van der Waals surface area contributed by atoms with Crippen molar-refractivity contribution in [2.24, 2.45) is 0 Å². The third-order valence-electron chi connectivity index (χ3n) is 3.74. The molecule has 0 saturated carbocycles. The number of carbonyl (C=O) groups is 3. The van der Waals surface area contributed by atoms with Gasteiger partial charge in [-0.3, -0.25) is 14.9 Å². The number of phenolic OH excluding ortho intramolecular Hbond substituents is 2. The summed E-state index contributed by atoms with van der Waals surface area (Å²) in [7, 11) is 1.49. The van der Waals surface area contributed by atoms with Gasteiger partial charge < -0.3 is 14.9 Å². The molecule has 8 nitrogen and oxygen atoms in total. The molecule has 2 aromatic carbocycles. The summed E-state index contributed by atoms with van der Waals surface area (Å²) in [4.78, 5) is 37.7. The standard InChI is InChI=1S/C18H14N2O6/c1-26-12-5-3-11(4-6-12)20-17(24)13(16(23)19-18(20)25)8-10-2-7-14(21)15(22)9-10/h2-9,21-22H,1H3,(H,19,23,25)/b13-8-. The molecular weight excluding hydrogens is 340 g/mol. The zero-order valence-electron chi connectivity index (χ0n) is 13.6. The molecule has 0 bridgehead atoms. The number of amides is 4. The number of nitrogens with one attached hydrogen (secondary N) is 1. The van der Waals surface area contributed by atoms with E-state index in [1.165, 1.54) is 43.5 Å². The second kappa shape index (κ2) is 6.60. The van der Waals surface area contributed by atoms with E-state index in [1.54, 1.807) is 12.1 Å². The minimum atomic E-state index is -0.865. The predicted octanol–water partition coefficient (Wildman–Crippen LogP) is 1.77. The lowest BCUT2D eigenvalue weighted by Gasteiger charge is -2.26. The smallest absolute Gasteiger partial charge is 0.335 e. The van der Waals surface area contributed by atoms with Crippen LogP contribution < -0.4 is 15.0 Å². The Kier molecular flexibility index (Phi) is 4.32. The van der Waals surface area contributed by atoms with E-state index in [0.29, 0.717) is 11.3 Å². The molecule has 8 heteroatoms. The van der Waals surface area contributed by atoms with Gasteiger partial charge in [-0.15, -0.1) is 0 Å². The molecule has 1 fully saturated rings. The molecule has 1 heterocycles. The summed E-state index contributed by atoms with van der Waals surface area (Å²) in [6, 6.07) is 9.14. The van der Waals surface area contributed by atoms with Gasteiger partial charge in [-0.25, -0.2) is 9.69 Å². The zero-order chi connectivity index (χ0) is 18.8. The normalized spacial score (nSPS) is 16.0. The summed E-state index contributed by atoms with van der Waals surface area (Å²) >= 11 is 0. The fourth-order valence-electron chi connectivity index (χ4n) is 2.42. The topological polar surface area (TPSA) is 116 Å². The zero-order valence-corrected chi connectivity index (χ0v) is 13.6. The summed E-state index contributed by atoms with van der Waals surface area (Å²) < 4.78 is 5.03. The fourth-order valence-corrected chi connectivity index (χ4v) is 2.42. The SMILES string of the molecule is COc1ccc(N2C(=O)NC(=O)/C(=C/c3ccc(O)c(O)c3)C2=O)cc1. The van der Waals surface area contributed by atoms with Gasteiger partial charge in [0, 0.05) is 0 Å². The van der Waals surface area contributed by atoms with Crippen molar-refractivity contribution < 1.29 is 29.3 Å². The maximum Gasteiger partial charge on any atom is 0.335 e. The van der Waals surface area contributed by atoms with E-state index >= 15 is 0 Å². The number of carbonyl (C=O) groups excluding carboxylic acids is 3. The molecule has 0 aromatic heterocycles. The molecule has 2 aromatic rings. The number of imide groups is 2. The monoisotopic (exact) mass is 354 g/mol. The van der Waals surface area contributed by atoms with E-state index < -0.39 is 23.6 Å². The molecule has 4 amide bonds. The van der Waals surface area contributed by atoms with Gasteiger partial charge in [-0.1, -0.05) is 6.07 Å². The van der Waals surface area contributed by atoms with Crippen LogP contribution in [0.5, 0.6) is 17.2 Å². The van der Waals surface area contributed by atoms with Crippen molar-refractivity contribution in [3.63, 3.8) is 0 Å². The minimum Gasteiger partial charge on any atom is -0.504 e. The Labute approximate surface area is 147 Å². The number of hydrogen-bond donors (Lipinski definition) is 3. The first-order valence-electron chi connectivity index (χ1n) is 7.48. The Bertz CT molecular complexity index is 933. The number of rotatable bonds is 3. The van der Waals surface area contributed by atoms with Crippen LogP contribution in [-0.2, 0) is 9.59 Å². The van der Waals surface area contributed by atoms with Gasteiger partial charge in [0.25, 0.3) is 11.8 Å². The summed E-state index contributed by atoms with van der Waals surface area (Å²) in [6.07, 6.45) is 1.22. The third-order valence-corrected chi connectivity index (χ3v) is 3.74. The summed E-state index contributed by atoms with van der Waals surface area (Å²) in [5.41, 5.74) is 0.286. The van der Waals surface area contributed by atoms with Crippen LogP contribution >= 0.6 is 0 Å². The Morgan fingerprint density at radius 2 is 1.69 bits per heavy atom. The van der Waals surface area contributed by atoms with Crippen LogP contribution in [0, 0.1) is 0 Å². The van der Waals surface area contributed by atoms with Gasteiger partial charge in [-0.05, 0) is 48.0 Å². The van der Waals surface area contributed by atoms with E-state index in [2.05, 4.69) is 5.32 Å². The maximum atomic E-state index is 12.7. The highest BCUT2D eigenvalue weighted by Crippen LogP contribution is 2.28. The number of phenols is 2. The molecule has 0 aliphatic carbocycles. The van der Waals surface area contributed by atoms with Crippen molar-refractivity contribution in [3.8, 4) is 17.2 Å². The summed E-state index contributed by atoms with van der Waals surface area (Å²) in [5, 5.41) is 21.0. The number of methoxy groups -OCH3 is 1. The van der Waals surface area contributed by atoms with Crippen molar-refractivity contribution in [2.75, 3.05) is 12.0 Å². The molecule has 26 heavy (non-hydrogen) atoms. The average Bonchev–Trinajstić information content (AvgIpc) is 2.62. The van der Waals surface area contributed by atoms with Gasteiger partial charge in [0.15, 0.2) is 11.5 Å². The van der Waals surface area contributed by atoms with Crippen LogP contribution in [0.3, 0.4) is 0 Å². The van der Waals surface area contributed by atoms with Crippen LogP contribution in [0.4, 0.5) is 10.5 Å². The van der Waals surface area contributed by atoms with Crippen LogP contribution in [0.1, 0.15) is 5.56 Å². The third kappa shape index (κ3) is 3.07. The van der Waals surface area contributed by atoms with Crippen molar-refractivity contribution in [3.05, 3.63) is 53.6 Å². The predicted molar refractivity (Wildman–Crippen MR) is 91.8 cm³/mol. The molecule has 0 radical (unpaired) electrons. The Morgan fingerprint density at radius 1 is 1.00 bits per heavy atom. The average molecular weight is 354 g/mol. The van der Waals surface area contributed by atoms with E-state index in [-0.39, 0.29) is 17.0 Å². The number of hydrogen-bond acceptors (Lipinski definition) is 6. The lowest BCUT2D eigenvalue weighted by molar-refractivity contribution is -0.122. The number of benzene rings is 2. The first-order valence-corrected chi connectivity index (χ1v) is 7.48. The van der Waals surface area contributed by atoms with Crippen molar-refractivity contribution in [1.82, 2.24) is 5.32 Å². The number of anilines is 1. The first kappa shape index (κ1) is 17.0. The molecule has 0 atom stereocenters. The van der Waals surface area contributed by atoms with E-state index in [9.17, 15) is 24.6 Å². The second-order valence-electron chi connectivity index (χ2n) is 5.40. The second-order valence-corrected chi connectivity index (χ2v) is 5.40. The quantitative estimate of drug-likeness (QED) is 0.439. The number of urea groups is 1. The van der Waals surface area contributed by atoms with Gasteiger partial charge in [-0.2, -0.15) is 0 Å². The number of nitrogens with zero attached hydrogens (tertiary/aromatic N) is 1. The number of aromatic hydroxyl groups is 2. The molecule has 1 aliphatic heterocycles. The minimum absolute atomic E-state index is 0.264. The van der Waals surface area contributed by atoms with Crippen LogP contribution in [0.15, 0.2) is 48.0 Å². The highest BCUT2D eigenvalue weighted by atomic mass is 16.5. The molecular formula is C18H14N2O6. The fraction of sp³-hybridized carbons (Fsp3) is 0.0556. The summed E-state index contributed by atoms with van der Waals surface area (Å²) in [6.45, 7) is 0. The molecule has 132 valence electrons. The molecule has 1 saturated heterocycles. The van der Waals surface area contributed by atoms with Crippen molar-refractivity contribution >= 4 is 29.6 Å². The first-order chi connectivity index (χ1) is 12.4. The van der Waals surface area contributed by atoms with Gasteiger partial charge in [0.2, 0.25) is 0 Å². The van der Waals surface area contributed by atoms with Gasteiger partial charge >= 0.3 is 6.03 Å². The summed E-state index contributed by atoms with van der Waals surface area (Å²) in [5.74, 6) is -1.84. The Hall–Kier alpha value is -3.81. The molecule has 0 unspecified atom stereocenters. The van der Waals surface area contributed by atoms with Gasteiger partial charge in [0.1, 0.15) is 11.3 Å². The molecule has 0 spiro atoms. The number of ether oxygens (including phenoxy) is 1. The van der Waals surface area contributed by atoms with Gasteiger partial charge in [0.05, 0.1) is 12.8 Å². The highest BCUT2D eigenvalue weighted by molar-refractivity contribution is 6.39. The van der Waals surface area contributed by atoms with Crippen molar-refractivity contribution in [1.29, 1.82) is 0 Å². The number of barbiturate groups is 1. The Morgan fingerprint density at radius 3 is 2.31 bits per heavy atom. The van der Waals surface area contributed by atoms with E-state index in [4.69, 9.17) is 4.74 Å². The van der Waals surface area contributed by atoms with Crippen molar-refractivity contribution in [2.45, 2.75) is 0 Å². The maximum absolute atomic E-state index is 12.7. The van der Waals surface area contributed by atoms with E-state index in [0.717, 1.165) is 4.90 Å². The lowest BCUT2D eigenvalue weighted by atomic mass is 10.1. The Balaban J connectivity index is 1.99. The lowest BCUT2D eigenvalue weighted by Crippen LogP contribution is -2.54. The molecule has 3 N–H and O–H groups in total. The van der Waals surface area contributed by atoms with Crippen LogP contribution in [0.2, 0.25) is 0 Å². The van der Waals surface area contributed by atoms with Crippen LogP contribution in [-0.4, -0.2) is 35.2 Å². The van der Waals surface area contributed by atoms with Crippen LogP contribution in [0.25, 0.3) is 6.08 Å². The molecule has 1 aliphatic rings. The highest BCUT2D eigenvalue weighted by Gasteiger charge is 2.36. The molecule has 3 rings (SSSR count).